The summed E-state index contributed by atoms with van der Waals surface area (Å²) in [5, 5.41) is 2.90. The molecular formula is C13H18N2OS. The van der Waals surface area contributed by atoms with Gasteiger partial charge >= 0.3 is 0 Å². The Balaban J connectivity index is 2.87. The molecule has 0 aromatic heterocycles. The molecule has 3 N–H and O–H groups in total. The molecule has 17 heavy (non-hydrogen) atoms. The molecule has 0 aliphatic rings. The zero-order valence-electron chi connectivity index (χ0n) is 10.1. The topological polar surface area (TPSA) is 55.1 Å². The molecule has 1 aromatic carbocycles. The Bertz CT molecular complexity index is 392. The molecule has 1 amide bonds. The molecule has 0 bridgehead atoms. The van der Waals surface area contributed by atoms with Gasteiger partial charge in [-0.05, 0) is 18.9 Å². The number of carbonyl (C=O) groups is 1. The van der Waals surface area contributed by atoms with Crippen LogP contribution in [0, 0.1) is 0 Å². The summed E-state index contributed by atoms with van der Waals surface area (Å²) in [6, 6.07) is 9.49. The second-order valence-corrected chi connectivity index (χ2v) is 4.54. The lowest BCUT2D eigenvalue weighted by Gasteiger charge is -2.18. The number of nitrogens with two attached hydrogens (primary N) is 1. The Morgan fingerprint density at radius 1 is 1.41 bits per heavy atom. The first kappa shape index (κ1) is 13.6. The minimum atomic E-state index is -0.541. The third-order valence-electron chi connectivity index (χ3n) is 2.68. The van der Waals surface area contributed by atoms with E-state index in [1.165, 1.54) is 0 Å². The monoisotopic (exact) mass is 250 g/mol. The first-order valence-electron chi connectivity index (χ1n) is 5.71. The molecule has 0 heterocycles. The van der Waals surface area contributed by atoms with Gasteiger partial charge in [-0.2, -0.15) is 0 Å². The Morgan fingerprint density at radius 3 is 2.47 bits per heavy atom. The molecule has 0 fully saturated rings. The number of hydrogen-bond donors (Lipinski definition) is 2. The van der Waals surface area contributed by atoms with Crippen LogP contribution in [-0.4, -0.2) is 16.9 Å². The van der Waals surface area contributed by atoms with Crippen LogP contribution in [0.4, 0.5) is 0 Å². The van der Waals surface area contributed by atoms with Gasteiger partial charge in [-0.15, -0.1) is 0 Å². The number of nitrogens with one attached hydrogen (secondary N) is 1. The zero-order chi connectivity index (χ0) is 12.8. The quantitative estimate of drug-likeness (QED) is 0.786. The van der Waals surface area contributed by atoms with Gasteiger partial charge in [0.2, 0.25) is 5.91 Å². The Hall–Kier alpha value is -1.42. The van der Waals surface area contributed by atoms with Crippen molar-refractivity contribution >= 4 is 23.1 Å². The number of carbonyl (C=O) groups excluding carboxylic acids is 1. The average Bonchev–Trinajstić information content (AvgIpc) is 2.29. The SMILES string of the molecule is CCC(C)NC(=O)C(C(N)=S)c1ccccc1. The van der Waals surface area contributed by atoms with Crippen LogP contribution in [0.25, 0.3) is 0 Å². The zero-order valence-corrected chi connectivity index (χ0v) is 11.0. The summed E-state index contributed by atoms with van der Waals surface area (Å²) in [5.41, 5.74) is 6.49. The first-order valence-corrected chi connectivity index (χ1v) is 6.11. The lowest BCUT2D eigenvalue weighted by molar-refractivity contribution is -0.121. The highest BCUT2D eigenvalue weighted by molar-refractivity contribution is 7.80. The van der Waals surface area contributed by atoms with Crippen molar-refractivity contribution in [3.05, 3.63) is 35.9 Å². The van der Waals surface area contributed by atoms with E-state index in [4.69, 9.17) is 18.0 Å². The summed E-state index contributed by atoms with van der Waals surface area (Å²) in [6.45, 7) is 3.97. The van der Waals surface area contributed by atoms with E-state index in [2.05, 4.69) is 5.32 Å². The molecule has 1 rings (SSSR count). The first-order chi connectivity index (χ1) is 8.06. The lowest BCUT2D eigenvalue weighted by atomic mass is 9.98. The van der Waals surface area contributed by atoms with Crippen molar-refractivity contribution in [3.8, 4) is 0 Å². The van der Waals surface area contributed by atoms with Gasteiger partial charge in [-0.3, -0.25) is 4.79 Å². The molecule has 2 atom stereocenters. The van der Waals surface area contributed by atoms with Gasteiger partial charge < -0.3 is 11.1 Å². The van der Waals surface area contributed by atoms with Crippen LogP contribution in [0.1, 0.15) is 31.7 Å². The summed E-state index contributed by atoms with van der Waals surface area (Å²) in [4.78, 5) is 12.3. The molecular weight excluding hydrogens is 232 g/mol. The smallest absolute Gasteiger partial charge is 0.234 e. The van der Waals surface area contributed by atoms with E-state index >= 15 is 0 Å². The second kappa shape index (κ2) is 6.35. The molecule has 4 heteroatoms. The van der Waals surface area contributed by atoms with Crippen molar-refractivity contribution in [3.63, 3.8) is 0 Å². The van der Waals surface area contributed by atoms with Gasteiger partial charge in [0.1, 0.15) is 5.92 Å². The molecule has 2 unspecified atom stereocenters. The molecule has 0 aliphatic carbocycles. The maximum atomic E-state index is 12.1. The highest BCUT2D eigenvalue weighted by Crippen LogP contribution is 2.16. The third-order valence-corrected chi connectivity index (χ3v) is 2.92. The molecule has 3 nitrogen and oxygen atoms in total. The van der Waals surface area contributed by atoms with Crippen molar-refractivity contribution in [1.29, 1.82) is 0 Å². The molecule has 0 radical (unpaired) electrons. The van der Waals surface area contributed by atoms with Gasteiger partial charge in [0.15, 0.2) is 0 Å². The standard InChI is InChI=1S/C13H18N2OS/c1-3-9(2)15-13(16)11(12(14)17)10-7-5-4-6-8-10/h4-9,11H,3H2,1-2H3,(H2,14,17)(H,15,16). The fourth-order valence-electron chi connectivity index (χ4n) is 1.52. The van der Waals surface area contributed by atoms with Crippen LogP contribution < -0.4 is 11.1 Å². The van der Waals surface area contributed by atoms with E-state index in [1.807, 2.05) is 44.2 Å². The molecule has 0 spiro atoms. The minimum absolute atomic E-state index is 0.127. The summed E-state index contributed by atoms with van der Waals surface area (Å²) in [6.07, 6.45) is 0.880. The Labute approximate surface area is 107 Å². The van der Waals surface area contributed by atoms with E-state index < -0.39 is 5.92 Å². The van der Waals surface area contributed by atoms with Crippen molar-refractivity contribution in [2.24, 2.45) is 5.73 Å². The van der Waals surface area contributed by atoms with E-state index in [-0.39, 0.29) is 16.9 Å². The van der Waals surface area contributed by atoms with Crippen molar-refractivity contribution < 1.29 is 4.79 Å². The van der Waals surface area contributed by atoms with Gasteiger partial charge in [-0.25, -0.2) is 0 Å². The van der Waals surface area contributed by atoms with Crippen LogP contribution in [-0.2, 0) is 4.79 Å². The van der Waals surface area contributed by atoms with Crippen LogP contribution >= 0.6 is 12.2 Å². The minimum Gasteiger partial charge on any atom is -0.392 e. The van der Waals surface area contributed by atoms with Crippen LogP contribution in [0.15, 0.2) is 30.3 Å². The predicted molar refractivity (Wildman–Crippen MR) is 73.9 cm³/mol. The largest absolute Gasteiger partial charge is 0.392 e. The average molecular weight is 250 g/mol. The number of rotatable bonds is 5. The summed E-state index contributed by atoms with van der Waals surface area (Å²) in [5.74, 6) is -0.668. The van der Waals surface area contributed by atoms with Crippen LogP contribution in [0.2, 0.25) is 0 Å². The molecule has 92 valence electrons. The molecule has 0 aliphatic heterocycles. The fourth-order valence-corrected chi connectivity index (χ4v) is 1.76. The molecule has 0 saturated heterocycles. The number of amides is 1. The van der Waals surface area contributed by atoms with E-state index in [9.17, 15) is 4.79 Å². The van der Waals surface area contributed by atoms with E-state index in [0.29, 0.717) is 0 Å². The number of hydrogen-bond acceptors (Lipinski definition) is 2. The van der Waals surface area contributed by atoms with Gasteiger partial charge in [0, 0.05) is 6.04 Å². The Morgan fingerprint density at radius 2 is 2.00 bits per heavy atom. The van der Waals surface area contributed by atoms with E-state index in [0.717, 1.165) is 12.0 Å². The normalized spacial score (nSPS) is 13.8. The lowest BCUT2D eigenvalue weighted by Crippen LogP contribution is -2.40. The van der Waals surface area contributed by atoms with Gasteiger partial charge in [0.25, 0.3) is 0 Å². The highest BCUT2D eigenvalue weighted by atomic mass is 32.1. The Kier molecular flexibility index (Phi) is 5.10. The van der Waals surface area contributed by atoms with Crippen molar-refractivity contribution in [2.45, 2.75) is 32.2 Å². The molecule has 1 aromatic rings. The summed E-state index contributed by atoms with van der Waals surface area (Å²) < 4.78 is 0. The summed E-state index contributed by atoms with van der Waals surface area (Å²) >= 11 is 4.98. The van der Waals surface area contributed by atoms with Crippen LogP contribution in [0.3, 0.4) is 0 Å². The maximum absolute atomic E-state index is 12.1. The highest BCUT2D eigenvalue weighted by Gasteiger charge is 2.23. The molecule has 0 saturated carbocycles. The van der Waals surface area contributed by atoms with Crippen molar-refractivity contribution in [1.82, 2.24) is 5.32 Å². The second-order valence-electron chi connectivity index (χ2n) is 4.06. The van der Waals surface area contributed by atoms with Crippen molar-refractivity contribution in [2.75, 3.05) is 0 Å². The number of thiocarbonyl (C=S) groups is 1. The van der Waals surface area contributed by atoms with Gasteiger partial charge in [0.05, 0.1) is 4.99 Å². The third kappa shape index (κ3) is 3.82. The van der Waals surface area contributed by atoms with E-state index in [1.54, 1.807) is 0 Å². The maximum Gasteiger partial charge on any atom is 0.234 e. The van der Waals surface area contributed by atoms with Crippen LogP contribution in [0.5, 0.6) is 0 Å². The summed E-state index contributed by atoms with van der Waals surface area (Å²) in [7, 11) is 0. The number of benzene rings is 1. The predicted octanol–water partition coefficient (Wildman–Crippen LogP) is 1.97. The fraction of sp³-hybridized carbons (Fsp3) is 0.385. The van der Waals surface area contributed by atoms with Gasteiger partial charge in [-0.1, -0.05) is 49.5 Å².